The number of nitrogens with zero attached hydrogens (tertiary/aromatic N) is 3. The summed E-state index contributed by atoms with van der Waals surface area (Å²) in [5.41, 5.74) is 0.893. The molecule has 0 saturated carbocycles. The van der Waals surface area contributed by atoms with Crippen LogP contribution in [0.2, 0.25) is 0 Å². The molecule has 0 spiro atoms. The third-order valence-corrected chi connectivity index (χ3v) is 3.46. The molecular weight excluding hydrogens is 282 g/mol. The summed E-state index contributed by atoms with van der Waals surface area (Å²) in [6.07, 6.45) is 5.23. The normalized spacial score (nSPS) is 11.1. The number of hydrogen-bond donors (Lipinski definition) is 0. The Morgan fingerprint density at radius 3 is 3.00 bits per heavy atom. The second-order valence-electron chi connectivity index (χ2n) is 4.78. The van der Waals surface area contributed by atoms with Crippen LogP contribution in [0.4, 0.5) is 0 Å². The fraction of sp³-hybridized carbons (Fsp3) is 0.0625. The van der Waals surface area contributed by atoms with Crippen molar-refractivity contribution in [1.29, 1.82) is 0 Å². The molecule has 0 fully saturated rings. The van der Waals surface area contributed by atoms with Crippen LogP contribution in [0.3, 0.4) is 0 Å². The molecule has 4 aromatic rings. The Bertz CT molecular complexity index is 1020. The van der Waals surface area contributed by atoms with Crippen LogP contribution in [0.1, 0.15) is 0 Å². The molecule has 6 heteroatoms. The average molecular weight is 293 g/mol. The molecule has 0 bridgehead atoms. The van der Waals surface area contributed by atoms with Crippen molar-refractivity contribution in [3.63, 3.8) is 0 Å². The number of ether oxygens (including phenoxy) is 1. The highest BCUT2D eigenvalue weighted by atomic mass is 16.5. The van der Waals surface area contributed by atoms with E-state index >= 15 is 0 Å². The van der Waals surface area contributed by atoms with Gasteiger partial charge in [0.05, 0.1) is 18.4 Å². The van der Waals surface area contributed by atoms with E-state index in [0.717, 1.165) is 5.39 Å². The Balaban J connectivity index is 1.98. The Labute approximate surface area is 124 Å². The minimum atomic E-state index is -0.458. The average Bonchev–Trinajstić information content (AvgIpc) is 2.97. The lowest BCUT2D eigenvalue weighted by molar-refractivity contribution is 0.407. The number of aromatic nitrogens is 3. The van der Waals surface area contributed by atoms with Gasteiger partial charge in [-0.1, -0.05) is 12.1 Å². The molecule has 0 aliphatic carbocycles. The zero-order chi connectivity index (χ0) is 15.1. The van der Waals surface area contributed by atoms with E-state index in [1.165, 1.54) is 7.11 Å². The maximum Gasteiger partial charge on any atom is 0.345 e. The quantitative estimate of drug-likeness (QED) is 0.531. The van der Waals surface area contributed by atoms with Gasteiger partial charge in [0, 0.05) is 24.0 Å². The minimum Gasteiger partial charge on any atom is -0.493 e. The summed E-state index contributed by atoms with van der Waals surface area (Å²) >= 11 is 0. The molecule has 22 heavy (non-hydrogen) atoms. The molecular formula is C16H11N3O3. The van der Waals surface area contributed by atoms with E-state index in [9.17, 15) is 4.79 Å². The summed E-state index contributed by atoms with van der Waals surface area (Å²) in [6.45, 7) is 0. The number of para-hydroxylation sites is 1. The van der Waals surface area contributed by atoms with Gasteiger partial charge in [-0.15, -0.1) is 0 Å². The van der Waals surface area contributed by atoms with E-state index < -0.39 is 5.63 Å². The van der Waals surface area contributed by atoms with Crippen LogP contribution in [0.15, 0.2) is 58.1 Å². The van der Waals surface area contributed by atoms with E-state index in [4.69, 9.17) is 9.15 Å². The fourth-order valence-corrected chi connectivity index (χ4v) is 2.42. The predicted molar refractivity (Wildman–Crippen MR) is 81.0 cm³/mol. The Kier molecular flexibility index (Phi) is 2.69. The minimum absolute atomic E-state index is 0.395. The van der Waals surface area contributed by atoms with Crippen LogP contribution in [-0.4, -0.2) is 21.5 Å². The van der Waals surface area contributed by atoms with Crippen LogP contribution in [-0.2, 0) is 0 Å². The van der Waals surface area contributed by atoms with Crippen molar-refractivity contribution in [3.8, 4) is 17.0 Å². The van der Waals surface area contributed by atoms with Gasteiger partial charge in [-0.2, -0.15) is 0 Å². The van der Waals surface area contributed by atoms with Gasteiger partial charge < -0.3 is 9.15 Å². The highest BCUT2D eigenvalue weighted by molar-refractivity contribution is 5.85. The predicted octanol–water partition coefficient (Wildman–Crippen LogP) is 2.51. The van der Waals surface area contributed by atoms with Crippen LogP contribution in [0, 0.1) is 0 Å². The van der Waals surface area contributed by atoms with Crippen LogP contribution < -0.4 is 10.4 Å². The molecule has 3 heterocycles. The lowest BCUT2D eigenvalue weighted by atomic mass is 10.1. The van der Waals surface area contributed by atoms with E-state index in [2.05, 4.69) is 9.97 Å². The maximum atomic E-state index is 12.3. The molecule has 0 unspecified atom stereocenters. The summed E-state index contributed by atoms with van der Waals surface area (Å²) < 4.78 is 12.4. The maximum absolute atomic E-state index is 12.3. The van der Waals surface area contributed by atoms with Gasteiger partial charge in [0.25, 0.3) is 0 Å². The third-order valence-electron chi connectivity index (χ3n) is 3.46. The Morgan fingerprint density at radius 1 is 1.27 bits per heavy atom. The number of imidazole rings is 1. The fourth-order valence-electron chi connectivity index (χ4n) is 2.42. The van der Waals surface area contributed by atoms with Crippen molar-refractivity contribution in [1.82, 2.24) is 14.4 Å². The summed E-state index contributed by atoms with van der Waals surface area (Å²) in [6, 6.07) is 9.01. The van der Waals surface area contributed by atoms with Crippen molar-refractivity contribution in [3.05, 3.63) is 59.3 Å². The van der Waals surface area contributed by atoms with E-state index in [0.29, 0.717) is 28.4 Å². The highest BCUT2D eigenvalue weighted by Crippen LogP contribution is 2.27. The van der Waals surface area contributed by atoms with Crippen LogP contribution in [0.5, 0.6) is 5.75 Å². The van der Waals surface area contributed by atoms with E-state index in [1.807, 2.05) is 18.3 Å². The second-order valence-corrected chi connectivity index (χ2v) is 4.78. The molecule has 1 aromatic carbocycles. The smallest absolute Gasteiger partial charge is 0.345 e. The number of benzene rings is 1. The van der Waals surface area contributed by atoms with Crippen molar-refractivity contribution in [2.75, 3.05) is 7.11 Å². The van der Waals surface area contributed by atoms with Gasteiger partial charge in [-0.25, -0.2) is 14.8 Å². The first-order valence-electron chi connectivity index (χ1n) is 6.67. The molecule has 4 rings (SSSR count). The molecule has 0 aliphatic heterocycles. The number of fused-ring (bicyclic) bond motifs is 2. The molecule has 3 aromatic heterocycles. The second kappa shape index (κ2) is 4.70. The Morgan fingerprint density at radius 2 is 2.18 bits per heavy atom. The molecule has 0 radical (unpaired) electrons. The van der Waals surface area contributed by atoms with Gasteiger partial charge >= 0.3 is 5.63 Å². The van der Waals surface area contributed by atoms with Crippen molar-refractivity contribution < 1.29 is 9.15 Å². The van der Waals surface area contributed by atoms with Crippen LogP contribution >= 0.6 is 0 Å². The first kappa shape index (κ1) is 12.6. The topological polar surface area (TPSA) is 69.6 Å². The summed E-state index contributed by atoms with van der Waals surface area (Å²) in [4.78, 5) is 20.8. The lowest BCUT2D eigenvalue weighted by Gasteiger charge is -2.04. The number of methoxy groups -OCH3 is 1. The van der Waals surface area contributed by atoms with Crippen molar-refractivity contribution in [2.24, 2.45) is 0 Å². The molecule has 0 saturated heterocycles. The number of hydrogen-bond acceptors (Lipinski definition) is 5. The van der Waals surface area contributed by atoms with Crippen LogP contribution in [0.25, 0.3) is 28.0 Å². The van der Waals surface area contributed by atoms with Gasteiger partial charge in [0.2, 0.25) is 5.78 Å². The molecule has 0 atom stereocenters. The highest BCUT2D eigenvalue weighted by Gasteiger charge is 2.13. The summed E-state index contributed by atoms with van der Waals surface area (Å²) in [5.74, 6) is 1.06. The lowest BCUT2D eigenvalue weighted by Crippen LogP contribution is -2.03. The first-order chi connectivity index (χ1) is 10.8. The molecule has 0 amide bonds. The number of rotatable bonds is 2. The standard InChI is InChI=1S/C16H11N3O3/c1-21-13-5-2-4-10-8-11(15(20)22-14(10)13)12-9-19-7-3-6-17-16(19)18-12/h2-9H,1H3. The van der Waals surface area contributed by atoms with Crippen molar-refractivity contribution >= 4 is 16.7 Å². The Hall–Kier alpha value is -3.15. The summed E-state index contributed by atoms with van der Waals surface area (Å²) in [5, 5.41) is 0.777. The third kappa shape index (κ3) is 1.85. The molecule has 0 N–H and O–H groups in total. The summed E-state index contributed by atoms with van der Waals surface area (Å²) in [7, 11) is 1.54. The largest absolute Gasteiger partial charge is 0.493 e. The van der Waals surface area contributed by atoms with Crippen molar-refractivity contribution in [2.45, 2.75) is 0 Å². The molecule has 108 valence electrons. The SMILES string of the molecule is COc1cccc2cc(-c3cn4cccnc4n3)c(=O)oc12. The first-order valence-corrected chi connectivity index (χ1v) is 6.67. The van der Waals surface area contributed by atoms with E-state index in [-0.39, 0.29) is 0 Å². The zero-order valence-corrected chi connectivity index (χ0v) is 11.7. The van der Waals surface area contributed by atoms with Gasteiger partial charge in [-0.05, 0) is 18.2 Å². The zero-order valence-electron chi connectivity index (χ0n) is 11.7. The van der Waals surface area contributed by atoms with E-state index in [1.54, 1.807) is 35.0 Å². The molecule has 6 nitrogen and oxygen atoms in total. The van der Waals surface area contributed by atoms with Gasteiger partial charge in [0.1, 0.15) is 0 Å². The monoisotopic (exact) mass is 293 g/mol. The van der Waals surface area contributed by atoms with Gasteiger partial charge in [-0.3, -0.25) is 4.40 Å². The molecule has 0 aliphatic rings. The van der Waals surface area contributed by atoms with Gasteiger partial charge in [0.15, 0.2) is 11.3 Å².